The summed E-state index contributed by atoms with van der Waals surface area (Å²) in [5, 5.41) is 8.42. The van der Waals surface area contributed by atoms with Gasteiger partial charge in [0, 0.05) is 8.95 Å². The van der Waals surface area contributed by atoms with E-state index in [0.29, 0.717) is 0 Å². The van der Waals surface area contributed by atoms with Gasteiger partial charge in [0.1, 0.15) is 6.61 Å². The smallest absolute Gasteiger partial charge is 0.409 e. The number of amides is 1. The minimum Gasteiger partial charge on any atom is -0.445 e. The van der Waals surface area contributed by atoms with Crippen molar-refractivity contribution in [3.63, 3.8) is 0 Å². The largest absolute Gasteiger partial charge is 0.445 e. The lowest BCUT2D eigenvalue weighted by Crippen LogP contribution is -2.56. The lowest BCUT2D eigenvalue weighted by atomic mass is 10.2. The summed E-state index contributed by atoms with van der Waals surface area (Å²) in [4.78, 5) is 12.1. The van der Waals surface area contributed by atoms with Gasteiger partial charge in [0.15, 0.2) is 11.3 Å². The first-order chi connectivity index (χ1) is 13.6. The van der Waals surface area contributed by atoms with E-state index in [0.717, 1.165) is 25.8 Å². The van der Waals surface area contributed by atoms with Crippen molar-refractivity contribution in [3.8, 4) is 0 Å². The van der Waals surface area contributed by atoms with Gasteiger partial charge in [-0.1, -0.05) is 81.1 Å². The van der Waals surface area contributed by atoms with Crippen molar-refractivity contribution in [1.82, 2.24) is 10.6 Å². The number of aryl methyl sites for hydroxylation is 1. The molecule has 0 saturated carbocycles. The molecule has 0 aliphatic carbocycles. The molecule has 0 spiro atoms. The Kier molecular flexibility index (Phi) is 9.31. The quantitative estimate of drug-likeness (QED) is 0.209. The van der Waals surface area contributed by atoms with Crippen molar-refractivity contribution >= 4 is 95.8 Å². The second-order valence-corrected chi connectivity index (χ2v) is 10.4. The zero-order chi connectivity index (χ0) is 21.6. The molecule has 0 saturated heterocycles. The average molecular weight is 605 g/mol. The molecule has 0 fully saturated rings. The SMILES string of the molecule is Cc1cc(Br)cc(Br)c1NC(=S)N[C@H](NC(=O)OCc1ccccc1)C(Cl)(Cl)Cl. The lowest BCUT2D eigenvalue weighted by Gasteiger charge is -2.27. The molecular weight excluding hydrogens is 588 g/mol. The minimum atomic E-state index is -1.89. The van der Waals surface area contributed by atoms with Crippen LogP contribution in [0.4, 0.5) is 10.5 Å². The third kappa shape index (κ3) is 8.11. The summed E-state index contributed by atoms with van der Waals surface area (Å²) < 4.78 is 4.97. The van der Waals surface area contributed by atoms with Crippen LogP contribution in [0.15, 0.2) is 51.4 Å². The monoisotopic (exact) mass is 601 g/mol. The molecule has 0 bridgehead atoms. The van der Waals surface area contributed by atoms with E-state index in [-0.39, 0.29) is 11.7 Å². The summed E-state index contributed by atoms with van der Waals surface area (Å²) in [5.74, 6) is 0. The number of ether oxygens (including phenoxy) is 1. The fourth-order valence-corrected chi connectivity index (χ4v) is 4.31. The maximum atomic E-state index is 12.1. The van der Waals surface area contributed by atoms with Crippen LogP contribution in [-0.2, 0) is 11.3 Å². The highest BCUT2D eigenvalue weighted by molar-refractivity contribution is 9.11. The third-order valence-electron chi connectivity index (χ3n) is 3.57. The summed E-state index contributed by atoms with van der Waals surface area (Å²) >= 11 is 30.1. The van der Waals surface area contributed by atoms with E-state index in [1.165, 1.54) is 0 Å². The molecule has 156 valence electrons. The van der Waals surface area contributed by atoms with Gasteiger partial charge in [-0.2, -0.15) is 0 Å². The van der Waals surface area contributed by atoms with Crippen LogP contribution in [0, 0.1) is 6.92 Å². The van der Waals surface area contributed by atoms with E-state index in [4.69, 9.17) is 51.8 Å². The van der Waals surface area contributed by atoms with Crippen molar-refractivity contribution in [1.29, 1.82) is 0 Å². The van der Waals surface area contributed by atoms with Crippen LogP contribution in [0.3, 0.4) is 0 Å². The molecule has 11 heteroatoms. The van der Waals surface area contributed by atoms with Crippen LogP contribution in [-0.4, -0.2) is 21.2 Å². The Hall–Kier alpha value is -0.770. The van der Waals surface area contributed by atoms with E-state index in [9.17, 15) is 4.79 Å². The Balaban J connectivity index is 1.99. The summed E-state index contributed by atoms with van der Waals surface area (Å²) in [5.41, 5.74) is 2.49. The van der Waals surface area contributed by atoms with E-state index in [1.54, 1.807) is 0 Å². The van der Waals surface area contributed by atoms with Gasteiger partial charge in [0.2, 0.25) is 3.79 Å². The first-order valence-electron chi connectivity index (χ1n) is 8.13. The second-order valence-electron chi connectivity index (χ2n) is 5.86. The van der Waals surface area contributed by atoms with Crippen LogP contribution >= 0.6 is 78.9 Å². The molecule has 2 aromatic carbocycles. The molecule has 5 nitrogen and oxygen atoms in total. The number of alkyl carbamates (subject to hydrolysis) is 1. The van der Waals surface area contributed by atoms with Crippen molar-refractivity contribution in [2.75, 3.05) is 5.32 Å². The van der Waals surface area contributed by atoms with E-state index in [2.05, 4.69) is 47.8 Å². The number of alkyl halides is 3. The van der Waals surface area contributed by atoms with Gasteiger partial charge in [-0.3, -0.25) is 5.32 Å². The molecule has 0 unspecified atom stereocenters. The van der Waals surface area contributed by atoms with Crippen LogP contribution in [0.5, 0.6) is 0 Å². The number of thiocarbonyl (C=S) groups is 1. The molecule has 2 rings (SSSR count). The van der Waals surface area contributed by atoms with Gasteiger partial charge in [-0.15, -0.1) is 0 Å². The molecule has 0 radical (unpaired) electrons. The zero-order valence-corrected chi connectivity index (χ0v) is 21.2. The third-order valence-corrected chi connectivity index (χ3v) is 5.53. The van der Waals surface area contributed by atoms with Gasteiger partial charge in [0.05, 0.1) is 5.69 Å². The number of rotatable bonds is 5. The van der Waals surface area contributed by atoms with Crippen molar-refractivity contribution in [2.24, 2.45) is 0 Å². The number of halogens is 5. The van der Waals surface area contributed by atoms with Crippen LogP contribution < -0.4 is 16.0 Å². The normalized spacial score (nSPS) is 12.1. The Labute approximate surface area is 206 Å². The molecule has 0 aliphatic heterocycles. The predicted octanol–water partition coefficient (Wildman–Crippen LogP) is 6.43. The Bertz CT molecular complexity index is 859. The molecule has 2 aromatic rings. The molecular formula is C18H16Br2Cl3N3O2S. The highest BCUT2D eigenvalue weighted by atomic mass is 79.9. The van der Waals surface area contributed by atoms with Crippen molar-refractivity contribution in [2.45, 2.75) is 23.5 Å². The fraction of sp³-hybridized carbons (Fsp3) is 0.222. The summed E-state index contributed by atoms with van der Waals surface area (Å²) in [6.45, 7) is 1.99. The average Bonchev–Trinajstić information content (AvgIpc) is 2.62. The first kappa shape index (κ1) is 24.5. The van der Waals surface area contributed by atoms with Crippen LogP contribution in [0.25, 0.3) is 0 Å². The first-order valence-corrected chi connectivity index (χ1v) is 11.3. The van der Waals surface area contributed by atoms with Gasteiger partial charge < -0.3 is 15.4 Å². The minimum absolute atomic E-state index is 0.0764. The topological polar surface area (TPSA) is 62.4 Å². The number of hydrogen-bond donors (Lipinski definition) is 3. The van der Waals surface area contributed by atoms with E-state index < -0.39 is 16.1 Å². The van der Waals surface area contributed by atoms with Gasteiger partial charge in [-0.05, 0) is 58.3 Å². The highest BCUT2D eigenvalue weighted by Gasteiger charge is 2.35. The Morgan fingerprint density at radius 3 is 2.41 bits per heavy atom. The van der Waals surface area contributed by atoms with Crippen LogP contribution in [0.2, 0.25) is 0 Å². The number of hydrogen-bond acceptors (Lipinski definition) is 3. The molecule has 29 heavy (non-hydrogen) atoms. The summed E-state index contributed by atoms with van der Waals surface area (Å²) in [7, 11) is 0. The van der Waals surface area contributed by atoms with Gasteiger partial charge in [0.25, 0.3) is 0 Å². The number of carbonyl (C=O) groups is 1. The maximum absolute atomic E-state index is 12.1. The molecule has 3 N–H and O–H groups in total. The maximum Gasteiger partial charge on any atom is 0.409 e. The van der Waals surface area contributed by atoms with Gasteiger partial charge in [-0.25, -0.2) is 4.79 Å². The standard InChI is InChI=1S/C18H16Br2Cl3N3O2S/c1-10-7-12(19)8-13(20)14(10)24-16(29)25-15(18(21,22)23)26-17(27)28-9-11-5-3-2-4-6-11/h2-8,15H,9H2,1H3,(H,26,27)(H2,24,25,29)/t15-/m1/s1. The molecule has 0 aliphatic rings. The molecule has 0 aromatic heterocycles. The highest BCUT2D eigenvalue weighted by Crippen LogP contribution is 2.31. The summed E-state index contributed by atoms with van der Waals surface area (Å²) in [6, 6.07) is 13.0. The summed E-state index contributed by atoms with van der Waals surface area (Å²) in [6.07, 6.45) is -1.90. The van der Waals surface area contributed by atoms with Crippen LogP contribution in [0.1, 0.15) is 11.1 Å². The number of benzene rings is 2. The van der Waals surface area contributed by atoms with E-state index in [1.807, 2.05) is 49.4 Å². The Morgan fingerprint density at radius 2 is 1.83 bits per heavy atom. The number of anilines is 1. The van der Waals surface area contributed by atoms with E-state index >= 15 is 0 Å². The zero-order valence-electron chi connectivity index (χ0n) is 14.9. The van der Waals surface area contributed by atoms with Crippen molar-refractivity contribution in [3.05, 3.63) is 62.5 Å². The van der Waals surface area contributed by atoms with Gasteiger partial charge >= 0.3 is 6.09 Å². The molecule has 0 heterocycles. The molecule has 1 amide bonds. The lowest BCUT2D eigenvalue weighted by molar-refractivity contribution is 0.135. The Morgan fingerprint density at radius 1 is 1.17 bits per heavy atom. The fourth-order valence-electron chi connectivity index (χ4n) is 2.22. The second kappa shape index (κ2) is 11.0. The van der Waals surface area contributed by atoms with Crippen molar-refractivity contribution < 1.29 is 9.53 Å². The predicted molar refractivity (Wildman–Crippen MR) is 130 cm³/mol. The number of carbonyl (C=O) groups excluding carboxylic acids is 1. The number of nitrogens with one attached hydrogen (secondary N) is 3. The molecule has 1 atom stereocenters.